The van der Waals surface area contributed by atoms with Crippen LogP contribution in [0.25, 0.3) is 11.1 Å². The van der Waals surface area contributed by atoms with Gasteiger partial charge in [-0.3, -0.25) is 0 Å². The lowest BCUT2D eigenvalue weighted by Crippen LogP contribution is -2.47. The van der Waals surface area contributed by atoms with Crippen molar-refractivity contribution < 1.29 is 4.79 Å². The molecule has 1 unspecified atom stereocenters. The van der Waals surface area contributed by atoms with Crippen molar-refractivity contribution in [3.05, 3.63) is 83.9 Å². The summed E-state index contributed by atoms with van der Waals surface area (Å²) in [5, 5.41) is 10.3. The molecule has 0 heterocycles. The van der Waals surface area contributed by atoms with Gasteiger partial charge in [0.15, 0.2) is 0 Å². The number of anilines is 2. The van der Waals surface area contributed by atoms with E-state index in [0.717, 1.165) is 35.3 Å². The molecule has 0 saturated heterocycles. The van der Waals surface area contributed by atoms with E-state index in [4.69, 9.17) is 0 Å². The Morgan fingerprint density at radius 3 is 2.00 bits per heavy atom. The number of rotatable bonds is 8. The monoisotopic (exact) mass is 469 g/mol. The van der Waals surface area contributed by atoms with Gasteiger partial charge in [-0.25, -0.2) is 4.79 Å². The molecule has 4 nitrogen and oxygen atoms in total. The van der Waals surface area contributed by atoms with Crippen LogP contribution in [-0.4, -0.2) is 12.2 Å². The summed E-state index contributed by atoms with van der Waals surface area (Å²) in [6, 6.07) is 24.9. The van der Waals surface area contributed by atoms with Gasteiger partial charge in [0.2, 0.25) is 0 Å². The van der Waals surface area contributed by atoms with Gasteiger partial charge in [0.25, 0.3) is 0 Å². The minimum absolute atomic E-state index is 0.143. The lowest BCUT2D eigenvalue weighted by molar-refractivity contribution is 0.245. The standard InChI is InChI=1S/C31H39N3O/c1-21(2)25-18-12-19-26(22(3)4)29(25)33-31(35)34-30(24-15-8-9-16-24)32-28-20-11-10-17-27(28)23-13-6-5-7-14-23/h5-7,10-14,17-22,24,30,32H,8-9,15-16H2,1-4H3,(H2,33,34,35). The number of benzene rings is 3. The molecule has 184 valence electrons. The van der Waals surface area contributed by atoms with Crippen molar-refractivity contribution >= 4 is 17.4 Å². The summed E-state index contributed by atoms with van der Waals surface area (Å²) in [7, 11) is 0. The van der Waals surface area contributed by atoms with E-state index in [2.05, 4.69) is 104 Å². The van der Waals surface area contributed by atoms with Gasteiger partial charge in [-0.1, -0.05) is 107 Å². The second-order valence-corrected chi connectivity index (χ2v) is 10.3. The molecule has 0 spiro atoms. The summed E-state index contributed by atoms with van der Waals surface area (Å²) in [4.78, 5) is 13.4. The van der Waals surface area contributed by atoms with Crippen LogP contribution in [0.15, 0.2) is 72.8 Å². The van der Waals surface area contributed by atoms with Crippen LogP contribution in [0.4, 0.5) is 16.2 Å². The Morgan fingerprint density at radius 1 is 0.771 bits per heavy atom. The van der Waals surface area contributed by atoms with Gasteiger partial charge in [-0.05, 0) is 53.4 Å². The van der Waals surface area contributed by atoms with Crippen LogP contribution in [-0.2, 0) is 0 Å². The molecule has 3 aromatic carbocycles. The van der Waals surface area contributed by atoms with Crippen LogP contribution in [0.1, 0.15) is 76.3 Å². The van der Waals surface area contributed by atoms with Gasteiger partial charge in [0.1, 0.15) is 6.17 Å². The fourth-order valence-electron chi connectivity index (χ4n) is 5.19. The summed E-state index contributed by atoms with van der Waals surface area (Å²) in [5.41, 5.74) is 6.65. The van der Waals surface area contributed by atoms with E-state index in [1.165, 1.54) is 24.0 Å². The normalized spacial score (nSPS) is 14.8. The molecule has 4 heteroatoms. The fourth-order valence-corrected chi connectivity index (χ4v) is 5.19. The van der Waals surface area contributed by atoms with Crippen molar-refractivity contribution in [1.29, 1.82) is 0 Å². The maximum atomic E-state index is 13.4. The Balaban J connectivity index is 1.59. The highest BCUT2D eigenvalue weighted by atomic mass is 16.2. The quantitative estimate of drug-likeness (QED) is 0.290. The fraction of sp³-hybridized carbons (Fsp3) is 0.387. The maximum Gasteiger partial charge on any atom is 0.320 e. The van der Waals surface area contributed by atoms with E-state index in [1.54, 1.807) is 0 Å². The molecule has 0 aromatic heterocycles. The predicted molar refractivity (Wildman–Crippen MR) is 148 cm³/mol. The molecule has 1 aliphatic carbocycles. The molecular weight excluding hydrogens is 430 g/mol. The molecule has 1 fully saturated rings. The molecular formula is C31H39N3O. The minimum Gasteiger partial charge on any atom is -0.365 e. The van der Waals surface area contributed by atoms with E-state index < -0.39 is 0 Å². The average molecular weight is 470 g/mol. The van der Waals surface area contributed by atoms with Gasteiger partial charge in [-0.2, -0.15) is 0 Å². The number of nitrogens with one attached hydrogen (secondary N) is 3. The van der Waals surface area contributed by atoms with Gasteiger partial charge >= 0.3 is 6.03 Å². The first-order chi connectivity index (χ1) is 16.9. The third-order valence-electron chi connectivity index (χ3n) is 7.09. The number of carbonyl (C=O) groups is 1. The SMILES string of the molecule is CC(C)c1cccc(C(C)C)c1NC(=O)NC(Nc1ccccc1-c1ccccc1)C1CCCC1. The third-order valence-corrected chi connectivity index (χ3v) is 7.09. The highest BCUT2D eigenvalue weighted by Gasteiger charge is 2.28. The molecule has 1 atom stereocenters. The first kappa shape index (κ1) is 24.8. The first-order valence-electron chi connectivity index (χ1n) is 13.1. The Bertz CT molecular complexity index is 1090. The lowest BCUT2D eigenvalue weighted by atomic mass is 9.93. The zero-order valence-electron chi connectivity index (χ0n) is 21.5. The van der Waals surface area contributed by atoms with Gasteiger partial charge in [0.05, 0.1) is 0 Å². The molecule has 4 rings (SSSR count). The number of amides is 2. The van der Waals surface area contributed by atoms with Crippen LogP contribution in [0, 0.1) is 5.92 Å². The Kier molecular flexibility index (Phi) is 8.12. The van der Waals surface area contributed by atoms with Crippen LogP contribution in [0.3, 0.4) is 0 Å². The molecule has 0 aliphatic heterocycles. The second kappa shape index (κ2) is 11.4. The van der Waals surface area contributed by atoms with E-state index in [9.17, 15) is 4.79 Å². The van der Waals surface area contributed by atoms with E-state index in [-0.39, 0.29) is 12.2 Å². The third kappa shape index (κ3) is 6.05. The summed E-state index contributed by atoms with van der Waals surface area (Å²) < 4.78 is 0. The summed E-state index contributed by atoms with van der Waals surface area (Å²) in [6.45, 7) is 8.69. The first-order valence-corrected chi connectivity index (χ1v) is 13.1. The van der Waals surface area contributed by atoms with E-state index in [1.807, 2.05) is 12.1 Å². The van der Waals surface area contributed by atoms with Gasteiger partial charge < -0.3 is 16.0 Å². The largest absolute Gasteiger partial charge is 0.365 e. The maximum absolute atomic E-state index is 13.4. The zero-order valence-corrected chi connectivity index (χ0v) is 21.5. The smallest absolute Gasteiger partial charge is 0.320 e. The zero-order chi connectivity index (χ0) is 24.8. The minimum atomic E-state index is -0.151. The number of urea groups is 1. The van der Waals surface area contributed by atoms with E-state index in [0.29, 0.717) is 17.8 Å². The molecule has 0 bridgehead atoms. The molecule has 1 aliphatic rings. The number of hydrogen-bond acceptors (Lipinski definition) is 2. The molecule has 2 amide bonds. The van der Waals surface area contributed by atoms with Gasteiger partial charge in [-0.15, -0.1) is 0 Å². The highest BCUT2D eigenvalue weighted by molar-refractivity contribution is 5.92. The highest BCUT2D eigenvalue weighted by Crippen LogP contribution is 2.34. The number of hydrogen-bond donors (Lipinski definition) is 3. The second-order valence-electron chi connectivity index (χ2n) is 10.3. The molecule has 35 heavy (non-hydrogen) atoms. The van der Waals surface area contributed by atoms with Crippen molar-refractivity contribution in [1.82, 2.24) is 5.32 Å². The molecule has 1 saturated carbocycles. The van der Waals surface area contributed by atoms with Crippen molar-refractivity contribution in [2.45, 2.75) is 71.4 Å². The topological polar surface area (TPSA) is 53.2 Å². The summed E-state index contributed by atoms with van der Waals surface area (Å²) in [5.74, 6) is 1.05. The molecule has 3 N–H and O–H groups in total. The predicted octanol–water partition coefficient (Wildman–Crippen LogP) is 8.35. The average Bonchev–Trinajstić information content (AvgIpc) is 3.39. The van der Waals surface area contributed by atoms with Gasteiger partial charge in [0, 0.05) is 16.9 Å². The molecule has 3 aromatic rings. The number of para-hydroxylation sites is 2. The van der Waals surface area contributed by atoms with Crippen molar-refractivity contribution in [3.63, 3.8) is 0 Å². The lowest BCUT2D eigenvalue weighted by Gasteiger charge is -2.29. The Morgan fingerprint density at radius 2 is 1.37 bits per heavy atom. The van der Waals surface area contributed by atoms with Crippen LogP contribution in [0.5, 0.6) is 0 Å². The van der Waals surface area contributed by atoms with E-state index >= 15 is 0 Å². The van der Waals surface area contributed by atoms with Crippen LogP contribution >= 0.6 is 0 Å². The molecule has 0 radical (unpaired) electrons. The Hall–Kier alpha value is -3.27. The summed E-state index contributed by atoms with van der Waals surface area (Å²) >= 11 is 0. The van der Waals surface area contributed by atoms with Crippen molar-refractivity contribution in [2.75, 3.05) is 10.6 Å². The van der Waals surface area contributed by atoms with Crippen LogP contribution in [0.2, 0.25) is 0 Å². The number of carbonyl (C=O) groups excluding carboxylic acids is 1. The van der Waals surface area contributed by atoms with Crippen molar-refractivity contribution in [2.24, 2.45) is 5.92 Å². The summed E-state index contributed by atoms with van der Waals surface area (Å²) in [6.07, 6.45) is 4.51. The van der Waals surface area contributed by atoms with Crippen LogP contribution < -0.4 is 16.0 Å². The van der Waals surface area contributed by atoms with Crippen molar-refractivity contribution in [3.8, 4) is 11.1 Å². The Labute approximate surface area is 210 Å².